The normalized spacial score (nSPS) is 22.6. The smallest absolute Gasteiger partial charge is 0.200 e. The fourth-order valence-corrected chi connectivity index (χ4v) is 4.52. The minimum Gasteiger partial charge on any atom is -0.494 e. The fraction of sp³-hybridized carbons (Fsp3) is 0.273. The van der Waals surface area contributed by atoms with E-state index >= 15 is 0 Å². The molecule has 3 N–H and O–H groups in total. The van der Waals surface area contributed by atoms with E-state index in [9.17, 15) is 15.3 Å². The maximum atomic E-state index is 11.2. The molecule has 0 radical (unpaired) electrons. The van der Waals surface area contributed by atoms with Crippen molar-refractivity contribution in [2.75, 3.05) is 0 Å². The molecular weight excluding hydrogens is 342 g/mol. The van der Waals surface area contributed by atoms with E-state index in [-0.39, 0.29) is 24.0 Å². The van der Waals surface area contributed by atoms with Crippen molar-refractivity contribution in [3.05, 3.63) is 82.9 Å². The molecular formula is C22H21NO4. The molecule has 2 aliphatic rings. The van der Waals surface area contributed by atoms with Crippen molar-refractivity contribution in [2.24, 2.45) is 0 Å². The summed E-state index contributed by atoms with van der Waals surface area (Å²) in [6.45, 7) is 0. The minimum atomic E-state index is -0.934. The Morgan fingerprint density at radius 2 is 1.26 bits per heavy atom. The zero-order valence-corrected chi connectivity index (χ0v) is 14.7. The zero-order valence-electron chi connectivity index (χ0n) is 14.7. The maximum absolute atomic E-state index is 11.2. The number of nitrogens with zero attached hydrogens (tertiary/aromatic N) is 1. The first-order valence-electron chi connectivity index (χ1n) is 9.26. The van der Waals surface area contributed by atoms with Gasteiger partial charge in [-0.15, -0.1) is 0 Å². The second-order valence-electron chi connectivity index (χ2n) is 7.25. The monoisotopic (exact) mass is 363 g/mol. The molecule has 138 valence electrons. The molecule has 27 heavy (non-hydrogen) atoms. The molecule has 1 saturated heterocycles. The fourth-order valence-electron chi connectivity index (χ4n) is 4.52. The van der Waals surface area contributed by atoms with Crippen molar-refractivity contribution in [3.63, 3.8) is 0 Å². The van der Waals surface area contributed by atoms with Crippen molar-refractivity contribution in [1.82, 2.24) is 4.57 Å². The van der Waals surface area contributed by atoms with Gasteiger partial charge in [0.1, 0.15) is 6.10 Å². The predicted molar refractivity (Wildman–Crippen MR) is 99.5 cm³/mol. The minimum absolute atomic E-state index is 0.0152. The molecule has 0 amide bonds. The average Bonchev–Trinajstić information content (AvgIpc) is 3.39. The zero-order chi connectivity index (χ0) is 18.5. The summed E-state index contributed by atoms with van der Waals surface area (Å²) >= 11 is 0. The highest BCUT2D eigenvalue weighted by Crippen LogP contribution is 2.59. The van der Waals surface area contributed by atoms with Gasteiger partial charge in [0.25, 0.3) is 0 Å². The molecule has 2 aromatic carbocycles. The molecule has 5 heteroatoms. The lowest BCUT2D eigenvalue weighted by molar-refractivity contribution is 0.0656. The van der Waals surface area contributed by atoms with Gasteiger partial charge >= 0.3 is 0 Å². The summed E-state index contributed by atoms with van der Waals surface area (Å²) in [6.07, 6.45) is 0.388. The summed E-state index contributed by atoms with van der Waals surface area (Å²) in [5, 5.41) is 33.2. The summed E-state index contributed by atoms with van der Waals surface area (Å²) in [4.78, 5) is 0. The Bertz CT molecular complexity index is 933. The van der Waals surface area contributed by atoms with Gasteiger partial charge in [-0.05, 0) is 24.0 Å². The van der Waals surface area contributed by atoms with Crippen LogP contribution in [0.5, 0.6) is 11.8 Å². The lowest BCUT2D eigenvalue weighted by atomic mass is 9.95. The molecule has 3 heterocycles. The first-order valence-corrected chi connectivity index (χ1v) is 9.26. The number of rotatable bonds is 4. The van der Waals surface area contributed by atoms with Gasteiger partial charge in [0.2, 0.25) is 11.8 Å². The van der Waals surface area contributed by atoms with Gasteiger partial charge < -0.3 is 20.1 Å². The van der Waals surface area contributed by atoms with E-state index in [0.717, 1.165) is 24.0 Å². The molecule has 2 bridgehead atoms. The van der Waals surface area contributed by atoms with Gasteiger partial charge in [0, 0.05) is 0 Å². The van der Waals surface area contributed by atoms with E-state index in [2.05, 4.69) is 0 Å². The van der Waals surface area contributed by atoms with E-state index < -0.39 is 12.1 Å². The number of hydrogen-bond donors (Lipinski definition) is 3. The third-order valence-corrected chi connectivity index (χ3v) is 5.75. The first-order chi connectivity index (χ1) is 13.2. The van der Waals surface area contributed by atoms with Crippen molar-refractivity contribution < 1.29 is 20.1 Å². The third-order valence-electron chi connectivity index (χ3n) is 5.75. The number of ether oxygens (including phenoxy) is 1. The second kappa shape index (κ2) is 6.15. The lowest BCUT2D eigenvalue weighted by Gasteiger charge is -2.27. The predicted octanol–water partition coefficient (Wildman–Crippen LogP) is 4.13. The van der Waals surface area contributed by atoms with Crippen LogP contribution in [0, 0.1) is 0 Å². The first kappa shape index (κ1) is 16.4. The Balaban J connectivity index is 1.69. The summed E-state index contributed by atoms with van der Waals surface area (Å²) in [6, 6.07) is 18.1. The number of benzene rings is 2. The van der Waals surface area contributed by atoms with E-state index in [1.165, 1.54) is 4.57 Å². The molecule has 0 aliphatic carbocycles. The summed E-state index contributed by atoms with van der Waals surface area (Å²) in [5.74, 6) is -0.0305. The lowest BCUT2D eigenvalue weighted by Crippen LogP contribution is -2.19. The second-order valence-corrected chi connectivity index (χ2v) is 7.25. The number of aromatic hydroxyl groups is 2. The summed E-state index contributed by atoms with van der Waals surface area (Å²) in [5.41, 5.74) is 2.87. The Morgan fingerprint density at radius 3 is 1.78 bits per heavy atom. The van der Waals surface area contributed by atoms with Gasteiger partial charge in [-0.25, -0.2) is 0 Å². The van der Waals surface area contributed by atoms with Crippen LogP contribution in [0.25, 0.3) is 0 Å². The van der Waals surface area contributed by atoms with Crippen LogP contribution in [0.4, 0.5) is 0 Å². The largest absolute Gasteiger partial charge is 0.494 e. The Hall–Kier alpha value is -2.76. The van der Waals surface area contributed by atoms with Crippen LogP contribution in [0.1, 0.15) is 59.4 Å². The number of aliphatic hydroxyl groups is 1. The number of aromatic nitrogens is 1. The molecule has 5 nitrogen and oxygen atoms in total. The van der Waals surface area contributed by atoms with Gasteiger partial charge in [0.15, 0.2) is 0 Å². The standard InChI is InChI=1S/C22H21NO4/c24-20(14-9-5-2-6-10-14)19(13-7-3-1-4-8-13)23-21(25)17-15-11-12-16(27-15)18(17)22(23)26/h1-10,15-16,19-20,24-26H,11-12H2/t15-,16+,19?,20-/m1/s1. The Labute approximate surface area is 157 Å². The highest BCUT2D eigenvalue weighted by molar-refractivity contribution is 5.53. The highest BCUT2D eigenvalue weighted by atomic mass is 16.5. The SMILES string of the molecule is Oc1c2c(c(O)n1C(c1ccccc1)[C@H](O)c1ccccc1)[C@H]1CC[C@@H]2O1. The van der Waals surface area contributed by atoms with Crippen LogP contribution in [0.2, 0.25) is 0 Å². The van der Waals surface area contributed by atoms with Crippen LogP contribution < -0.4 is 0 Å². The van der Waals surface area contributed by atoms with Crippen molar-refractivity contribution >= 4 is 0 Å². The topological polar surface area (TPSA) is 74.9 Å². The molecule has 1 fully saturated rings. The molecule has 2 aliphatic heterocycles. The number of aliphatic hydroxyl groups excluding tert-OH is 1. The summed E-state index contributed by atoms with van der Waals surface area (Å²) < 4.78 is 7.30. The van der Waals surface area contributed by atoms with Crippen LogP contribution in [-0.2, 0) is 4.74 Å². The Kier molecular flexibility index (Phi) is 3.74. The van der Waals surface area contributed by atoms with E-state index in [1.54, 1.807) is 0 Å². The van der Waals surface area contributed by atoms with E-state index in [4.69, 9.17) is 4.74 Å². The molecule has 0 saturated carbocycles. The quantitative estimate of drug-likeness (QED) is 0.652. The van der Waals surface area contributed by atoms with Crippen LogP contribution >= 0.6 is 0 Å². The Morgan fingerprint density at radius 1 is 0.778 bits per heavy atom. The highest BCUT2D eigenvalue weighted by Gasteiger charge is 2.47. The number of fused-ring (bicyclic) bond motifs is 5. The molecule has 4 atom stereocenters. The van der Waals surface area contributed by atoms with Gasteiger partial charge in [-0.2, -0.15) is 0 Å². The van der Waals surface area contributed by atoms with Gasteiger partial charge in [-0.1, -0.05) is 60.7 Å². The van der Waals surface area contributed by atoms with Crippen molar-refractivity contribution in [3.8, 4) is 11.8 Å². The average molecular weight is 363 g/mol. The molecule has 5 rings (SSSR count). The van der Waals surface area contributed by atoms with Crippen LogP contribution in [0.15, 0.2) is 60.7 Å². The maximum Gasteiger partial charge on any atom is 0.200 e. The van der Waals surface area contributed by atoms with Gasteiger partial charge in [0.05, 0.1) is 29.4 Å². The molecule has 3 aromatic rings. The molecule has 0 spiro atoms. The third kappa shape index (κ3) is 2.39. The van der Waals surface area contributed by atoms with E-state index in [0.29, 0.717) is 11.1 Å². The van der Waals surface area contributed by atoms with E-state index in [1.807, 2.05) is 60.7 Å². The number of hydrogen-bond acceptors (Lipinski definition) is 4. The molecule has 1 unspecified atom stereocenters. The van der Waals surface area contributed by atoms with Crippen molar-refractivity contribution in [1.29, 1.82) is 0 Å². The van der Waals surface area contributed by atoms with Crippen molar-refractivity contribution in [2.45, 2.75) is 37.2 Å². The summed E-state index contributed by atoms with van der Waals surface area (Å²) in [7, 11) is 0. The van der Waals surface area contributed by atoms with Gasteiger partial charge in [-0.3, -0.25) is 4.57 Å². The molecule has 1 aromatic heterocycles. The van der Waals surface area contributed by atoms with Crippen LogP contribution in [0.3, 0.4) is 0 Å². The van der Waals surface area contributed by atoms with Crippen LogP contribution in [-0.4, -0.2) is 19.9 Å².